The summed E-state index contributed by atoms with van der Waals surface area (Å²) >= 11 is 0. The van der Waals surface area contributed by atoms with Crippen LogP contribution >= 0.6 is 0 Å². The topological polar surface area (TPSA) is 9.86 Å². The van der Waals surface area contributed by atoms with Crippen molar-refractivity contribution in [1.29, 1.82) is 0 Å². The number of rotatable bonds is 6. The van der Waals surface area contributed by atoms with Crippen LogP contribution in [0.25, 0.3) is 49.3 Å². The van der Waals surface area contributed by atoms with Gasteiger partial charge in [0.1, 0.15) is 0 Å². The average molecular weight is 769 g/mol. The van der Waals surface area contributed by atoms with Gasteiger partial charge in [0, 0.05) is 39.8 Å². The second-order valence-electron chi connectivity index (χ2n) is 15.3. The van der Waals surface area contributed by atoms with Crippen LogP contribution < -0.4 is 27.3 Å². The first kappa shape index (κ1) is 38.2. The van der Waals surface area contributed by atoms with Crippen LogP contribution in [-0.4, -0.2) is 22.6 Å². The molecule has 0 aliphatic heterocycles. The molecular weight excluding hydrogens is 722 g/mol. The average Bonchev–Trinajstić information content (AvgIpc) is 3.82. The first-order valence-electron chi connectivity index (χ1n) is 20.9. The SMILES string of the molecule is CB(c1ccccc1)c1ccc2c(c1)c1c(ccc3c4cc(B(c5ccccc5)c5ccccc5)ccc4n(-c4ccccc4)c31)n2C.c1ccccc1.c1ccccc1. The van der Waals surface area contributed by atoms with Crippen molar-refractivity contribution in [3.63, 3.8) is 0 Å². The molecule has 0 N–H and O–H groups in total. The van der Waals surface area contributed by atoms with Gasteiger partial charge in [-0.15, -0.1) is 0 Å². The molecule has 0 saturated carbocycles. The summed E-state index contributed by atoms with van der Waals surface area (Å²) < 4.78 is 4.85. The number of para-hydroxylation sites is 1. The fourth-order valence-electron chi connectivity index (χ4n) is 8.70. The minimum absolute atomic E-state index is 0.134. The Bertz CT molecular complexity index is 2970. The number of hydrogen-bond donors (Lipinski definition) is 0. The van der Waals surface area contributed by atoms with Crippen molar-refractivity contribution in [1.82, 2.24) is 9.13 Å². The number of nitrogens with zero attached hydrogens (tertiary/aromatic N) is 2. The van der Waals surface area contributed by atoms with Crippen LogP contribution in [0.3, 0.4) is 0 Å². The number of hydrogen-bond acceptors (Lipinski definition) is 0. The zero-order valence-electron chi connectivity index (χ0n) is 34.1. The molecule has 2 aromatic heterocycles. The molecule has 0 bridgehead atoms. The van der Waals surface area contributed by atoms with Gasteiger partial charge < -0.3 is 9.13 Å². The normalized spacial score (nSPS) is 10.8. The van der Waals surface area contributed by atoms with Crippen molar-refractivity contribution in [3.05, 3.63) is 243 Å². The minimum Gasteiger partial charge on any atom is -0.344 e. The van der Waals surface area contributed by atoms with E-state index in [1.807, 2.05) is 72.8 Å². The monoisotopic (exact) mass is 768 g/mol. The van der Waals surface area contributed by atoms with Crippen molar-refractivity contribution in [2.45, 2.75) is 6.82 Å². The van der Waals surface area contributed by atoms with Gasteiger partial charge >= 0.3 is 0 Å². The fourth-order valence-corrected chi connectivity index (χ4v) is 8.70. The maximum atomic E-state index is 2.49. The van der Waals surface area contributed by atoms with Gasteiger partial charge in [-0.1, -0.05) is 246 Å². The lowest BCUT2D eigenvalue weighted by Crippen LogP contribution is -2.51. The molecular formula is C56H46B2N2. The van der Waals surface area contributed by atoms with Gasteiger partial charge in [0.05, 0.1) is 16.6 Å². The van der Waals surface area contributed by atoms with Crippen LogP contribution in [0, 0.1) is 0 Å². The number of benzene rings is 9. The Kier molecular flexibility index (Phi) is 11.3. The van der Waals surface area contributed by atoms with Crippen molar-refractivity contribution in [3.8, 4) is 5.69 Å². The van der Waals surface area contributed by atoms with Crippen LogP contribution in [0.15, 0.2) is 243 Å². The third-order valence-corrected chi connectivity index (χ3v) is 11.7. The molecule has 11 aromatic rings. The highest BCUT2D eigenvalue weighted by Gasteiger charge is 2.25. The molecule has 2 nitrogen and oxygen atoms in total. The van der Waals surface area contributed by atoms with Crippen LogP contribution in [-0.2, 0) is 7.05 Å². The molecule has 60 heavy (non-hydrogen) atoms. The Balaban J connectivity index is 0.000000332. The lowest BCUT2D eigenvalue weighted by atomic mass is 9.37. The van der Waals surface area contributed by atoms with Gasteiger partial charge in [0.2, 0.25) is 13.4 Å². The molecule has 286 valence electrons. The van der Waals surface area contributed by atoms with Crippen molar-refractivity contribution < 1.29 is 0 Å². The van der Waals surface area contributed by atoms with Gasteiger partial charge in [0.25, 0.3) is 0 Å². The lowest BCUT2D eigenvalue weighted by Gasteiger charge is -2.16. The van der Waals surface area contributed by atoms with E-state index in [0.29, 0.717) is 6.71 Å². The van der Waals surface area contributed by atoms with Crippen LogP contribution in [0.1, 0.15) is 0 Å². The van der Waals surface area contributed by atoms with Gasteiger partial charge in [0.15, 0.2) is 0 Å². The Morgan fingerprint density at radius 1 is 0.333 bits per heavy atom. The Labute approximate surface area is 354 Å². The molecule has 0 amide bonds. The highest BCUT2D eigenvalue weighted by atomic mass is 15.0. The summed E-state index contributed by atoms with van der Waals surface area (Å²) in [6.45, 7) is 2.74. The van der Waals surface area contributed by atoms with E-state index in [4.69, 9.17) is 0 Å². The van der Waals surface area contributed by atoms with E-state index >= 15 is 0 Å². The quantitative estimate of drug-likeness (QED) is 0.149. The maximum Gasteiger partial charge on any atom is 0.241 e. The molecule has 9 aromatic carbocycles. The predicted molar refractivity (Wildman–Crippen MR) is 263 cm³/mol. The summed E-state index contributed by atoms with van der Waals surface area (Å²) in [6, 6.07) is 86.4. The molecule has 0 unspecified atom stereocenters. The summed E-state index contributed by atoms with van der Waals surface area (Å²) in [5.41, 5.74) is 12.7. The number of fused-ring (bicyclic) bond motifs is 7. The molecule has 2 heterocycles. The zero-order chi connectivity index (χ0) is 40.7. The zero-order valence-corrected chi connectivity index (χ0v) is 34.1. The van der Waals surface area contributed by atoms with Crippen LogP contribution in [0.4, 0.5) is 0 Å². The number of aryl methyl sites for hydroxylation is 1. The number of aromatic nitrogens is 2. The second-order valence-corrected chi connectivity index (χ2v) is 15.3. The largest absolute Gasteiger partial charge is 0.344 e. The highest BCUT2D eigenvalue weighted by Crippen LogP contribution is 2.40. The first-order valence-corrected chi connectivity index (χ1v) is 20.9. The summed E-state index contributed by atoms with van der Waals surface area (Å²) in [7, 11) is 2.20. The standard InChI is InChI=1S/C44H34B2N2.2C6H6/c1-45(31-15-7-3-8-16-31)34-23-26-40-39(29-34)43-42(47(40)2)28-25-37-38-30-35(24-27-41(38)48(44(37)43)36-21-13-6-14-22-36)46(32-17-9-4-10-18-32)33-19-11-5-12-20-33;2*1-2-4-6-5-3-1/h3-30H,1-2H3;2*1-6H. The molecule has 0 atom stereocenters. The van der Waals surface area contributed by atoms with Crippen LogP contribution in [0.5, 0.6) is 0 Å². The van der Waals surface area contributed by atoms with E-state index < -0.39 is 0 Å². The van der Waals surface area contributed by atoms with Gasteiger partial charge in [-0.05, 0) is 30.3 Å². The Morgan fingerprint density at radius 3 is 1.28 bits per heavy atom. The fraction of sp³-hybridized carbons (Fsp3) is 0.0357. The minimum atomic E-state index is 0.134. The van der Waals surface area contributed by atoms with Crippen molar-refractivity contribution >= 4 is 84.4 Å². The smallest absolute Gasteiger partial charge is 0.241 e. The summed E-state index contributed by atoms with van der Waals surface area (Å²) in [4.78, 5) is 0. The third kappa shape index (κ3) is 7.68. The van der Waals surface area contributed by atoms with Gasteiger partial charge in [-0.3, -0.25) is 0 Å². The predicted octanol–water partition coefficient (Wildman–Crippen LogP) is 10.6. The molecule has 0 radical (unpaired) electrons. The van der Waals surface area contributed by atoms with E-state index in [9.17, 15) is 0 Å². The summed E-state index contributed by atoms with van der Waals surface area (Å²) in [5, 5.41) is 5.15. The van der Waals surface area contributed by atoms with Crippen molar-refractivity contribution in [2.24, 2.45) is 7.05 Å². The molecule has 0 fully saturated rings. The Hall–Kier alpha value is -7.29. The van der Waals surface area contributed by atoms with E-state index in [0.717, 1.165) is 0 Å². The highest BCUT2D eigenvalue weighted by molar-refractivity contribution is 6.95. The van der Waals surface area contributed by atoms with E-state index in [1.54, 1.807) is 0 Å². The van der Waals surface area contributed by atoms with Gasteiger partial charge in [-0.25, -0.2) is 0 Å². The first-order chi connectivity index (χ1) is 29.7. The lowest BCUT2D eigenvalue weighted by molar-refractivity contribution is 1.01. The van der Waals surface area contributed by atoms with Crippen LogP contribution in [0.2, 0.25) is 6.82 Å². The van der Waals surface area contributed by atoms with Gasteiger partial charge in [-0.2, -0.15) is 0 Å². The molecule has 0 aliphatic carbocycles. The summed E-state index contributed by atoms with van der Waals surface area (Å²) in [5.74, 6) is 0. The molecule has 0 saturated heterocycles. The summed E-state index contributed by atoms with van der Waals surface area (Å²) in [6.07, 6.45) is 0. The van der Waals surface area contributed by atoms with Crippen molar-refractivity contribution in [2.75, 3.05) is 0 Å². The van der Waals surface area contributed by atoms with E-state index in [-0.39, 0.29) is 6.71 Å². The molecule has 0 spiro atoms. The van der Waals surface area contributed by atoms with E-state index in [2.05, 4.69) is 193 Å². The maximum absolute atomic E-state index is 2.49. The third-order valence-electron chi connectivity index (χ3n) is 11.7. The Morgan fingerprint density at radius 2 is 0.750 bits per heavy atom. The molecule has 4 heteroatoms. The second kappa shape index (κ2) is 17.7. The molecule has 0 aliphatic rings. The molecule has 11 rings (SSSR count). The van der Waals surface area contributed by atoms with E-state index in [1.165, 1.54) is 76.6 Å².